The molecule has 1 aliphatic rings. The Morgan fingerprint density at radius 3 is 2.94 bits per heavy atom. The van der Waals surface area contributed by atoms with Crippen LogP contribution in [0.4, 0.5) is 0 Å². The van der Waals surface area contributed by atoms with E-state index in [2.05, 4.69) is 52.5 Å². The zero-order valence-corrected chi connectivity index (χ0v) is 13.0. The zero-order chi connectivity index (χ0) is 12.3. The van der Waals surface area contributed by atoms with Gasteiger partial charge in [-0.25, -0.2) is 0 Å². The fourth-order valence-corrected chi connectivity index (χ4v) is 3.73. The van der Waals surface area contributed by atoms with E-state index in [1.165, 1.54) is 28.2 Å². The summed E-state index contributed by atoms with van der Waals surface area (Å²) in [6, 6.07) is 4.37. The fourth-order valence-electron chi connectivity index (χ4n) is 2.24. The molecule has 2 heterocycles. The second-order valence-electron chi connectivity index (χ2n) is 5.48. The standard InChI is InChI=1S/C13H21BrN2S/c1-13(2,11-3-4-12(14)17-11)9-16-8-10-5-6-15-7-10/h3-4,10,15-16H,5-9H2,1-2H3. The minimum Gasteiger partial charge on any atom is -0.316 e. The Balaban J connectivity index is 1.80. The molecule has 1 aromatic heterocycles. The molecule has 0 aromatic carbocycles. The molecule has 96 valence electrons. The van der Waals surface area contributed by atoms with Crippen LogP contribution in [0.3, 0.4) is 0 Å². The molecule has 0 spiro atoms. The molecule has 1 unspecified atom stereocenters. The van der Waals surface area contributed by atoms with Crippen molar-refractivity contribution < 1.29 is 0 Å². The largest absolute Gasteiger partial charge is 0.316 e. The van der Waals surface area contributed by atoms with Crippen molar-refractivity contribution in [2.45, 2.75) is 25.7 Å². The number of nitrogens with one attached hydrogen (secondary N) is 2. The molecule has 2 N–H and O–H groups in total. The molecule has 0 saturated carbocycles. The molecule has 2 nitrogen and oxygen atoms in total. The molecule has 2 rings (SSSR count). The first-order valence-electron chi connectivity index (χ1n) is 6.25. The van der Waals surface area contributed by atoms with Gasteiger partial charge in [-0.2, -0.15) is 0 Å². The third kappa shape index (κ3) is 3.78. The van der Waals surface area contributed by atoms with E-state index in [0.717, 1.165) is 19.0 Å². The lowest BCUT2D eigenvalue weighted by molar-refractivity contribution is 0.436. The van der Waals surface area contributed by atoms with E-state index in [1.54, 1.807) is 0 Å². The molecule has 1 aliphatic heterocycles. The van der Waals surface area contributed by atoms with Crippen LogP contribution < -0.4 is 10.6 Å². The highest BCUT2D eigenvalue weighted by Crippen LogP contribution is 2.32. The molecule has 1 saturated heterocycles. The molecule has 4 heteroatoms. The third-order valence-electron chi connectivity index (χ3n) is 3.40. The maximum atomic E-state index is 3.63. The first-order chi connectivity index (χ1) is 8.08. The third-order valence-corrected chi connectivity index (χ3v) is 5.39. The van der Waals surface area contributed by atoms with Crippen LogP contribution in [0.2, 0.25) is 0 Å². The van der Waals surface area contributed by atoms with Gasteiger partial charge in [-0.1, -0.05) is 13.8 Å². The summed E-state index contributed by atoms with van der Waals surface area (Å²) < 4.78 is 1.22. The van der Waals surface area contributed by atoms with E-state index in [-0.39, 0.29) is 5.41 Å². The van der Waals surface area contributed by atoms with Gasteiger partial charge < -0.3 is 10.6 Å². The molecule has 0 bridgehead atoms. The van der Waals surface area contributed by atoms with Crippen molar-refractivity contribution in [2.75, 3.05) is 26.2 Å². The smallest absolute Gasteiger partial charge is 0.0701 e. The van der Waals surface area contributed by atoms with Gasteiger partial charge in [0, 0.05) is 16.8 Å². The summed E-state index contributed by atoms with van der Waals surface area (Å²) in [5.41, 5.74) is 0.225. The van der Waals surface area contributed by atoms with Crippen LogP contribution in [0, 0.1) is 5.92 Å². The van der Waals surface area contributed by atoms with Crippen molar-refractivity contribution in [2.24, 2.45) is 5.92 Å². The van der Waals surface area contributed by atoms with Crippen LogP contribution >= 0.6 is 27.3 Å². The highest BCUT2D eigenvalue weighted by Gasteiger charge is 2.23. The predicted molar refractivity (Wildman–Crippen MR) is 78.9 cm³/mol. The number of hydrogen-bond donors (Lipinski definition) is 2. The molecular formula is C13H21BrN2S. The Bertz CT molecular complexity index is 356. The lowest BCUT2D eigenvalue weighted by Gasteiger charge is -2.24. The Hall–Kier alpha value is 0.1000. The first kappa shape index (κ1) is 13.5. The Kier molecular flexibility index (Phi) is 4.64. The van der Waals surface area contributed by atoms with Crippen molar-refractivity contribution in [1.29, 1.82) is 0 Å². The molecule has 1 atom stereocenters. The summed E-state index contributed by atoms with van der Waals surface area (Å²) in [6.07, 6.45) is 1.32. The van der Waals surface area contributed by atoms with Crippen molar-refractivity contribution in [3.05, 3.63) is 20.8 Å². The van der Waals surface area contributed by atoms with Gasteiger partial charge in [0.25, 0.3) is 0 Å². The van der Waals surface area contributed by atoms with Crippen molar-refractivity contribution in [1.82, 2.24) is 10.6 Å². The van der Waals surface area contributed by atoms with Gasteiger partial charge >= 0.3 is 0 Å². The van der Waals surface area contributed by atoms with Crippen molar-refractivity contribution in [3.8, 4) is 0 Å². The monoisotopic (exact) mass is 316 g/mol. The zero-order valence-electron chi connectivity index (χ0n) is 10.6. The lowest BCUT2D eigenvalue weighted by atomic mass is 9.91. The molecule has 1 fully saturated rings. The summed E-state index contributed by atoms with van der Waals surface area (Å²) in [6.45, 7) is 9.18. The SMILES string of the molecule is CC(C)(CNCC1CCNC1)c1ccc(Br)s1. The van der Waals surface area contributed by atoms with Crippen LogP contribution in [0.15, 0.2) is 15.9 Å². The van der Waals surface area contributed by atoms with E-state index >= 15 is 0 Å². The highest BCUT2D eigenvalue weighted by atomic mass is 79.9. The number of rotatable bonds is 5. The van der Waals surface area contributed by atoms with Crippen LogP contribution in [-0.4, -0.2) is 26.2 Å². The average Bonchev–Trinajstić information content (AvgIpc) is 2.89. The van der Waals surface area contributed by atoms with Crippen LogP contribution in [-0.2, 0) is 5.41 Å². The molecular weight excluding hydrogens is 296 g/mol. The van der Waals surface area contributed by atoms with Crippen LogP contribution in [0.25, 0.3) is 0 Å². The lowest BCUT2D eigenvalue weighted by Crippen LogP contribution is -2.35. The summed E-state index contributed by atoms with van der Waals surface area (Å²) in [4.78, 5) is 1.45. The Labute approximate surface area is 116 Å². The van der Waals surface area contributed by atoms with Gasteiger partial charge in [0.15, 0.2) is 0 Å². The Morgan fingerprint density at radius 2 is 2.35 bits per heavy atom. The van der Waals surface area contributed by atoms with Gasteiger partial charge in [0.2, 0.25) is 0 Å². The van der Waals surface area contributed by atoms with E-state index in [1.807, 2.05) is 11.3 Å². The maximum Gasteiger partial charge on any atom is 0.0701 e. The summed E-state index contributed by atoms with van der Waals surface area (Å²) in [5, 5.41) is 7.04. The molecule has 0 radical (unpaired) electrons. The fraction of sp³-hybridized carbons (Fsp3) is 0.692. The number of hydrogen-bond acceptors (Lipinski definition) is 3. The summed E-state index contributed by atoms with van der Waals surface area (Å²) in [5.74, 6) is 0.820. The van der Waals surface area contributed by atoms with Crippen LogP contribution in [0.5, 0.6) is 0 Å². The summed E-state index contributed by atoms with van der Waals surface area (Å²) >= 11 is 5.38. The Morgan fingerprint density at radius 1 is 1.53 bits per heavy atom. The number of halogens is 1. The minimum absolute atomic E-state index is 0.225. The maximum absolute atomic E-state index is 3.63. The van der Waals surface area contributed by atoms with Crippen molar-refractivity contribution >= 4 is 27.3 Å². The molecule has 0 amide bonds. The van der Waals surface area contributed by atoms with E-state index in [4.69, 9.17) is 0 Å². The van der Waals surface area contributed by atoms with Gasteiger partial charge in [-0.15, -0.1) is 11.3 Å². The van der Waals surface area contributed by atoms with Gasteiger partial charge in [-0.05, 0) is 60.0 Å². The average molecular weight is 317 g/mol. The highest BCUT2D eigenvalue weighted by molar-refractivity contribution is 9.11. The normalized spacial score (nSPS) is 21.0. The van der Waals surface area contributed by atoms with Crippen LogP contribution in [0.1, 0.15) is 25.1 Å². The molecule has 0 aliphatic carbocycles. The predicted octanol–water partition coefficient (Wildman–Crippen LogP) is 2.99. The minimum atomic E-state index is 0.225. The molecule has 1 aromatic rings. The second-order valence-corrected chi connectivity index (χ2v) is 7.94. The van der Waals surface area contributed by atoms with Gasteiger partial charge in [0.1, 0.15) is 0 Å². The van der Waals surface area contributed by atoms with Gasteiger partial charge in [0.05, 0.1) is 3.79 Å². The quantitative estimate of drug-likeness (QED) is 0.872. The van der Waals surface area contributed by atoms with E-state index in [0.29, 0.717) is 0 Å². The first-order valence-corrected chi connectivity index (χ1v) is 7.86. The van der Waals surface area contributed by atoms with Gasteiger partial charge in [-0.3, -0.25) is 0 Å². The summed E-state index contributed by atoms with van der Waals surface area (Å²) in [7, 11) is 0. The van der Waals surface area contributed by atoms with E-state index in [9.17, 15) is 0 Å². The van der Waals surface area contributed by atoms with Crippen molar-refractivity contribution in [3.63, 3.8) is 0 Å². The number of thiophene rings is 1. The second kappa shape index (κ2) is 5.83. The van der Waals surface area contributed by atoms with E-state index < -0.39 is 0 Å². The molecule has 17 heavy (non-hydrogen) atoms. The topological polar surface area (TPSA) is 24.1 Å².